The summed E-state index contributed by atoms with van der Waals surface area (Å²) in [6.07, 6.45) is 70.3. The van der Waals surface area contributed by atoms with Gasteiger partial charge in [0.05, 0.1) is 0 Å². The van der Waals surface area contributed by atoms with Crippen LogP contribution in [0.2, 0.25) is 13.3 Å². The van der Waals surface area contributed by atoms with E-state index in [-0.39, 0.29) is 0 Å². The minimum Gasteiger partial charge on any atom is -0.0654 e. The van der Waals surface area contributed by atoms with Crippen LogP contribution in [-0.2, 0) is 0 Å². The van der Waals surface area contributed by atoms with Gasteiger partial charge in [-0.05, 0) is 0 Å². The van der Waals surface area contributed by atoms with E-state index in [1.165, 1.54) is 322 Å². The fraction of sp³-hybridized carbons (Fsp3) is 1.00. The van der Waals surface area contributed by atoms with Crippen molar-refractivity contribution in [3.63, 3.8) is 0 Å². The monoisotopic (exact) mass is 915 g/mol. The van der Waals surface area contributed by atoms with Crippen LogP contribution in [0.4, 0.5) is 0 Å². The average Bonchev–Trinajstić information content (AvgIpc) is 3.20. The summed E-state index contributed by atoms with van der Waals surface area (Å²) in [5.41, 5.74) is 0. The van der Waals surface area contributed by atoms with E-state index < -0.39 is 17.3 Å². The Bertz CT molecular complexity index is 589. The van der Waals surface area contributed by atoms with Crippen LogP contribution < -0.4 is 0 Å². The first-order valence-corrected chi connectivity index (χ1v) is 37.0. The van der Waals surface area contributed by atoms with Crippen molar-refractivity contribution in [3.05, 3.63) is 0 Å². The van der Waals surface area contributed by atoms with Crippen molar-refractivity contribution in [1.29, 1.82) is 0 Å². The van der Waals surface area contributed by atoms with Crippen LogP contribution in [0.15, 0.2) is 0 Å². The minimum atomic E-state index is -2.46. The topological polar surface area (TPSA) is 0 Å². The van der Waals surface area contributed by atoms with Crippen molar-refractivity contribution < 1.29 is 0 Å². The zero-order chi connectivity index (χ0) is 40.6. The first-order chi connectivity index (χ1) is 27.7. The normalized spacial score (nSPS) is 12.0. The molecule has 56 heavy (non-hydrogen) atoms. The van der Waals surface area contributed by atoms with Gasteiger partial charge in [0, 0.05) is 0 Å². The zero-order valence-corrected chi connectivity index (χ0v) is 43.6. The molecular formula is C54H111ClSn. The SMILES string of the molecule is CCCCCCCCCCCCCCCCC[CH2][Sn]([Cl])([CH2]CCCCCCCCCCCCCCCCC)[CH2]CCCCCCCCCCCCCCCCC. The minimum absolute atomic E-state index is 1.37. The summed E-state index contributed by atoms with van der Waals surface area (Å²) in [7, 11) is 7.74. The molecule has 2 heteroatoms. The molecule has 0 amide bonds. The fourth-order valence-electron chi connectivity index (χ4n) is 9.34. The standard InChI is InChI=1S/3C18H37.ClH.Sn/c3*1-3-5-7-9-11-13-15-17-18-16-14-12-10-8-6-4-2;;/h3*1,3-18H2,2H3;1H;/q;;;;+1/p-1. The van der Waals surface area contributed by atoms with Crippen LogP contribution >= 0.6 is 8.92 Å². The van der Waals surface area contributed by atoms with E-state index in [2.05, 4.69) is 20.8 Å². The van der Waals surface area contributed by atoms with Gasteiger partial charge < -0.3 is 0 Å². The average molecular weight is 915 g/mol. The van der Waals surface area contributed by atoms with Crippen molar-refractivity contribution in [2.75, 3.05) is 0 Å². The molecule has 338 valence electrons. The van der Waals surface area contributed by atoms with Crippen molar-refractivity contribution in [3.8, 4) is 0 Å². The molecule has 0 aromatic rings. The van der Waals surface area contributed by atoms with Crippen LogP contribution in [0.3, 0.4) is 0 Å². The molecule has 0 aromatic carbocycles. The second-order valence-electron chi connectivity index (χ2n) is 19.3. The summed E-state index contributed by atoms with van der Waals surface area (Å²) in [6.45, 7) is 6.96. The maximum atomic E-state index is 7.74. The van der Waals surface area contributed by atoms with Gasteiger partial charge in [0.1, 0.15) is 0 Å². The summed E-state index contributed by atoms with van der Waals surface area (Å²) in [5.74, 6) is 0. The molecule has 0 atom stereocenters. The van der Waals surface area contributed by atoms with Gasteiger partial charge in [-0.25, -0.2) is 0 Å². The zero-order valence-electron chi connectivity index (χ0n) is 39.9. The van der Waals surface area contributed by atoms with Gasteiger partial charge in [-0.3, -0.25) is 0 Å². The van der Waals surface area contributed by atoms with E-state index in [0.717, 1.165) is 0 Å². The number of hydrogen-bond acceptors (Lipinski definition) is 0. The molecule has 0 spiro atoms. The molecule has 0 bridgehead atoms. The molecular weight excluding hydrogens is 803 g/mol. The van der Waals surface area contributed by atoms with E-state index in [1.807, 2.05) is 0 Å². The third-order valence-corrected chi connectivity index (χ3v) is 27.9. The maximum absolute atomic E-state index is 7.74. The Morgan fingerprint density at radius 1 is 0.179 bits per heavy atom. The van der Waals surface area contributed by atoms with Crippen LogP contribution in [0.25, 0.3) is 0 Å². The van der Waals surface area contributed by atoms with Gasteiger partial charge in [-0.1, -0.05) is 117 Å². The fourth-order valence-corrected chi connectivity index (χ4v) is 21.7. The Hall–Kier alpha value is 1.09. The van der Waals surface area contributed by atoms with Gasteiger partial charge in [0.15, 0.2) is 0 Å². The Morgan fingerprint density at radius 2 is 0.286 bits per heavy atom. The summed E-state index contributed by atoms with van der Waals surface area (Å²) >= 11 is -2.46. The number of halogens is 1. The Labute approximate surface area is 366 Å². The molecule has 0 nitrogen and oxygen atoms in total. The second-order valence-corrected chi connectivity index (χ2v) is 35.5. The van der Waals surface area contributed by atoms with Gasteiger partial charge in [-0.15, -0.1) is 0 Å². The molecule has 0 unspecified atom stereocenters. The summed E-state index contributed by atoms with van der Waals surface area (Å²) < 4.78 is 4.43. The molecule has 0 saturated carbocycles. The Balaban J connectivity index is 4.08. The molecule has 0 rings (SSSR count). The number of rotatable bonds is 51. The van der Waals surface area contributed by atoms with Crippen molar-refractivity contribution in [2.24, 2.45) is 0 Å². The van der Waals surface area contributed by atoms with Crippen molar-refractivity contribution in [2.45, 2.75) is 342 Å². The van der Waals surface area contributed by atoms with Gasteiger partial charge in [-0.2, -0.15) is 0 Å². The summed E-state index contributed by atoms with van der Waals surface area (Å²) in [6, 6.07) is 0. The van der Waals surface area contributed by atoms with Gasteiger partial charge in [0.2, 0.25) is 0 Å². The molecule has 0 aliphatic carbocycles. The first kappa shape index (κ1) is 57.1. The molecule has 0 aliphatic heterocycles. The van der Waals surface area contributed by atoms with Crippen LogP contribution in [0.5, 0.6) is 0 Å². The molecule has 0 fully saturated rings. The summed E-state index contributed by atoms with van der Waals surface area (Å²) in [4.78, 5) is 0. The molecule has 0 aliphatic rings. The predicted octanol–water partition coefficient (Wildman–Crippen LogP) is 22.0. The van der Waals surface area contributed by atoms with E-state index >= 15 is 0 Å². The Morgan fingerprint density at radius 3 is 0.411 bits per heavy atom. The van der Waals surface area contributed by atoms with Gasteiger partial charge >= 0.3 is 251 Å². The molecule has 0 N–H and O–H groups in total. The smallest absolute Gasteiger partial charge is 0.0654 e. The van der Waals surface area contributed by atoms with E-state index in [9.17, 15) is 0 Å². The third kappa shape index (κ3) is 47.8. The summed E-state index contributed by atoms with van der Waals surface area (Å²) in [5, 5.41) is 0. The van der Waals surface area contributed by atoms with Crippen molar-refractivity contribution >= 4 is 26.2 Å². The molecule has 0 radical (unpaired) electrons. The van der Waals surface area contributed by atoms with Crippen LogP contribution in [0, 0.1) is 0 Å². The van der Waals surface area contributed by atoms with Crippen molar-refractivity contribution in [1.82, 2.24) is 0 Å². The number of hydrogen-bond donors (Lipinski definition) is 0. The molecule has 0 heterocycles. The first-order valence-electron chi connectivity index (χ1n) is 27.4. The number of unbranched alkanes of at least 4 members (excludes halogenated alkanes) is 45. The molecule has 0 saturated heterocycles. The third-order valence-electron chi connectivity index (χ3n) is 13.4. The van der Waals surface area contributed by atoms with Crippen LogP contribution in [0.1, 0.15) is 329 Å². The van der Waals surface area contributed by atoms with E-state index in [0.29, 0.717) is 0 Å². The second kappa shape index (κ2) is 50.4. The van der Waals surface area contributed by atoms with E-state index in [4.69, 9.17) is 8.92 Å². The van der Waals surface area contributed by atoms with Crippen LogP contribution in [-0.4, -0.2) is 17.3 Å². The predicted molar refractivity (Wildman–Crippen MR) is 265 cm³/mol. The molecule has 0 aromatic heterocycles. The Kier molecular flexibility index (Phi) is 51.4. The van der Waals surface area contributed by atoms with Gasteiger partial charge in [0.25, 0.3) is 0 Å². The quantitative estimate of drug-likeness (QED) is 0.0421. The van der Waals surface area contributed by atoms with E-state index in [1.54, 1.807) is 0 Å².